The van der Waals surface area contributed by atoms with Crippen molar-refractivity contribution in [3.63, 3.8) is 0 Å². The van der Waals surface area contributed by atoms with Gasteiger partial charge in [0.25, 0.3) is 0 Å². The Morgan fingerprint density at radius 1 is 1.18 bits per heavy atom. The van der Waals surface area contributed by atoms with Gasteiger partial charge in [-0.25, -0.2) is 0 Å². The first-order chi connectivity index (χ1) is 13.7. The number of rotatable bonds is 5. The fraction of sp³-hybridized carbons (Fsp3) is 0.381. The molecular formula is C21H22BrN5O. The van der Waals surface area contributed by atoms with E-state index in [0.717, 1.165) is 65.5 Å². The van der Waals surface area contributed by atoms with Gasteiger partial charge >= 0.3 is 0 Å². The molecule has 0 amide bonds. The van der Waals surface area contributed by atoms with Gasteiger partial charge in [-0.3, -0.25) is 14.5 Å². The Morgan fingerprint density at radius 3 is 2.79 bits per heavy atom. The predicted molar refractivity (Wildman–Crippen MR) is 113 cm³/mol. The Kier molecular flexibility index (Phi) is 4.64. The van der Waals surface area contributed by atoms with Gasteiger partial charge in [0.2, 0.25) is 0 Å². The van der Waals surface area contributed by atoms with E-state index in [1.54, 1.807) is 6.20 Å². The molecule has 7 heteroatoms. The van der Waals surface area contributed by atoms with Gasteiger partial charge in [0.15, 0.2) is 5.78 Å². The van der Waals surface area contributed by atoms with Gasteiger partial charge in [-0.05, 0) is 57.0 Å². The topological polar surface area (TPSA) is 71.8 Å². The molecule has 28 heavy (non-hydrogen) atoms. The van der Waals surface area contributed by atoms with Gasteiger partial charge in [0.05, 0.1) is 34.7 Å². The van der Waals surface area contributed by atoms with Crippen molar-refractivity contribution in [3.05, 3.63) is 46.8 Å². The molecule has 5 rings (SSSR count). The first-order valence-electron chi connectivity index (χ1n) is 9.83. The van der Waals surface area contributed by atoms with E-state index in [9.17, 15) is 4.79 Å². The van der Waals surface area contributed by atoms with Crippen molar-refractivity contribution in [1.29, 1.82) is 0 Å². The number of benzene rings is 1. The van der Waals surface area contributed by atoms with E-state index < -0.39 is 0 Å². The number of ketones is 1. The summed E-state index contributed by atoms with van der Waals surface area (Å²) >= 11 is 3.55. The van der Waals surface area contributed by atoms with Crippen LogP contribution in [0.5, 0.6) is 0 Å². The number of nitrogens with zero attached hydrogens (tertiary/aromatic N) is 3. The third-order valence-corrected chi connectivity index (χ3v) is 6.09. The maximum Gasteiger partial charge on any atom is 0.169 e. The lowest BCUT2D eigenvalue weighted by Gasteiger charge is -2.22. The second-order valence-electron chi connectivity index (χ2n) is 7.66. The molecule has 0 unspecified atom stereocenters. The molecule has 0 spiro atoms. The molecular weight excluding hydrogens is 418 g/mol. The van der Waals surface area contributed by atoms with Gasteiger partial charge < -0.3 is 10.6 Å². The molecule has 2 aliphatic rings. The van der Waals surface area contributed by atoms with Crippen molar-refractivity contribution in [3.8, 4) is 0 Å². The Bertz CT molecular complexity index is 1040. The SMILES string of the molecule is O=C(c1cnc2ccc(Br)cc2c1Nc1cnn(C2CCNCC2)c1)C1CC1. The lowest BCUT2D eigenvalue weighted by molar-refractivity contribution is 0.0968. The quantitative estimate of drug-likeness (QED) is 0.574. The van der Waals surface area contributed by atoms with E-state index >= 15 is 0 Å². The summed E-state index contributed by atoms with van der Waals surface area (Å²) in [5, 5.41) is 12.4. The van der Waals surface area contributed by atoms with Crippen LogP contribution in [0.1, 0.15) is 42.1 Å². The molecule has 144 valence electrons. The minimum atomic E-state index is 0.143. The lowest BCUT2D eigenvalue weighted by Crippen LogP contribution is -2.29. The van der Waals surface area contributed by atoms with E-state index in [1.165, 1.54) is 0 Å². The van der Waals surface area contributed by atoms with Gasteiger partial charge in [-0.2, -0.15) is 5.10 Å². The van der Waals surface area contributed by atoms with Crippen molar-refractivity contribution < 1.29 is 4.79 Å². The summed E-state index contributed by atoms with van der Waals surface area (Å²) in [5.74, 6) is 0.326. The van der Waals surface area contributed by atoms with Gasteiger partial charge in [0, 0.05) is 28.2 Å². The number of carbonyl (C=O) groups is 1. The summed E-state index contributed by atoms with van der Waals surface area (Å²) in [6, 6.07) is 6.38. The zero-order valence-electron chi connectivity index (χ0n) is 15.5. The number of hydrogen-bond donors (Lipinski definition) is 2. The molecule has 1 aliphatic heterocycles. The van der Waals surface area contributed by atoms with E-state index in [1.807, 2.05) is 35.3 Å². The molecule has 1 saturated carbocycles. The number of anilines is 2. The number of pyridine rings is 1. The fourth-order valence-electron chi connectivity index (χ4n) is 3.87. The highest BCUT2D eigenvalue weighted by Gasteiger charge is 2.32. The largest absolute Gasteiger partial charge is 0.352 e. The molecule has 0 radical (unpaired) electrons. The Labute approximate surface area is 171 Å². The van der Waals surface area contributed by atoms with Crippen LogP contribution in [0.15, 0.2) is 41.3 Å². The second kappa shape index (κ2) is 7.29. The maximum atomic E-state index is 12.9. The van der Waals surface area contributed by atoms with E-state index in [0.29, 0.717) is 11.6 Å². The van der Waals surface area contributed by atoms with Crippen LogP contribution in [0, 0.1) is 5.92 Å². The van der Waals surface area contributed by atoms with Crippen molar-refractivity contribution in [2.45, 2.75) is 31.7 Å². The van der Waals surface area contributed by atoms with Crippen molar-refractivity contribution >= 4 is 44.0 Å². The van der Waals surface area contributed by atoms with Gasteiger partial charge in [0.1, 0.15) is 0 Å². The molecule has 6 nitrogen and oxygen atoms in total. The molecule has 3 aromatic rings. The average Bonchev–Trinajstić information content (AvgIpc) is 3.47. The third-order valence-electron chi connectivity index (χ3n) is 5.60. The molecule has 1 saturated heterocycles. The summed E-state index contributed by atoms with van der Waals surface area (Å²) in [4.78, 5) is 17.4. The number of carbonyl (C=O) groups excluding carboxylic acids is 1. The molecule has 1 aromatic carbocycles. The third kappa shape index (κ3) is 3.44. The van der Waals surface area contributed by atoms with Crippen molar-refractivity contribution in [2.75, 3.05) is 18.4 Å². The zero-order valence-corrected chi connectivity index (χ0v) is 17.1. The molecule has 0 atom stereocenters. The zero-order chi connectivity index (χ0) is 19.1. The Hall–Kier alpha value is -2.25. The van der Waals surface area contributed by atoms with E-state index in [-0.39, 0.29) is 11.7 Å². The first-order valence-corrected chi connectivity index (χ1v) is 10.6. The molecule has 0 bridgehead atoms. The minimum Gasteiger partial charge on any atom is -0.352 e. The monoisotopic (exact) mass is 439 g/mol. The van der Waals surface area contributed by atoms with Crippen LogP contribution in [0.3, 0.4) is 0 Å². The number of fused-ring (bicyclic) bond motifs is 1. The lowest BCUT2D eigenvalue weighted by atomic mass is 10.0. The van der Waals surface area contributed by atoms with Crippen LogP contribution >= 0.6 is 15.9 Å². The summed E-state index contributed by atoms with van der Waals surface area (Å²) in [6.07, 6.45) is 9.72. The average molecular weight is 440 g/mol. The van der Waals surface area contributed by atoms with Gasteiger partial charge in [-0.1, -0.05) is 15.9 Å². The van der Waals surface area contributed by atoms with Crippen LogP contribution in [-0.2, 0) is 0 Å². The maximum absolute atomic E-state index is 12.9. The first kappa shape index (κ1) is 17.8. The number of piperidine rings is 1. The molecule has 3 heterocycles. The Balaban J connectivity index is 1.53. The summed E-state index contributed by atoms with van der Waals surface area (Å²) < 4.78 is 3.01. The van der Waals surface area contributed by atoms with Crippen LogP contribution < -0.4 is 10.6 Å². The number of hydrogen-bond acceptors (Lipinski definition) is 5. The Morgan fingerprint density at radius 2 is 2.00 bits per heavy atom. The van der Waals surface area contributed by atoms with Crippen molar-refractivity contribution in [1.82, 2.24) is 20.1 Å². The number of Topliss-reactive ketones (excluding diaryl/α,β-unsaturated/α-hetero) is 1. The van der Waals surface area contributed by atoms with Crippen LogP contribution in [0.4, 0.5) is 11.4 Å². The van der Waals surface area contributed by atoms with Crippen LogP contribution in [0.25, 0.3) is 10.9 Å². The van der Waals surface area contributed by atoms with Gasteiger partial charge in [-0.15, -0.1) is 0 Å². The summed E-state index contributed by atoms with van der Waals surface area (Å²) in [6.45, 7) is 2.05. The number of aromatic nitrogens is 3. The molecule has 2 aromatic heterocycles. The number of halogens is 1. The predicted octanol–water partition coefficient (Wildman–Crippen LogP) is 4.45. The minimum absolute atomic E-state index is 0.143. The molecule has 1 aliphatic carbocycles. The highest BCUT2D eigenvalue weighted by molar-refractivity contribution is 9.10. The standard InChI is InChI=1S/C21H22BrN5O/c22-14-3-4-19-17(9-14)20(18(11-24-19)21(28)13-1-2-13)26-15-10-25-27(12-15)16-5-7-23-8-6-16/h3-4,9-13,16,23H,1-2,5-8H2,(H,24,26). The molecule has 2 N–H and O–H groups in total. The normalized spacial score (nSPS) is 17.8. The van der Waals surface area contributed by atoms with E-state index in [2.05, 4.69) is 36.6 Å². The smallest absolute Gasteiger partial charge is 0.169 e. The summed E-state index contributed by atoms with van der Waals surface area (Å²) in [5.41, 5.74) is 3.26. The second-order valence-corrected chi connectivity index (χ2v) is 8.58. The van der Waals surface area contributed by atoms with Crippen LogP contribution in [0.2, 0.25) is 0 Å². The fourth-order valence-corrected chi connectivity index (χ4v) is 4.23. The highest BCUT2D eigenvalue weighted by Crippen LogP contribution is 2.38. The van der Waals surface area contributed by atoms with Crippen LogP contribution in [-0.4, -0.2) is 33.6 Å². The molecule has 2 fully saturated rings. The van der Waals surface area contributed by atoms with E-state index in [4.69, 9.17) is 0 Å². The highest BCUT2D eigenvalue weighted by atomic mass is 79.9. The number of nitrogens with one attached hydrogen (secondary N) is 2. The summed E-state index contributed by atoms with van der Waals surface area (Å²) in [7, 11) is 0. The van der Waals surface area contributed by atoms with Crippen molar-refractivity contribution in [2.24, 2.45) is 5.92 Å².